The van der Waals surface area contributed by atoms with E-state index in [1.54, 1.807) is 25.4 Å². The number of nitrogens with zero attached hydrogens (tertiary/aromatic N) is 1. The lowest BCUT2D eigenvalue weighted by Crippen LogP contribution is -2.38. The maximum absolute atomic E-state index is 11.7. The van der Waals surface area contributed by atoms with Gasteiger partial charge >= 0.3 is 11.9 Å². The predicted octanol–water partition coefficient (Wildman–Crippen LogP) is 1.67. The Kier molecular flexibility index (Phi) is 4.83. The van der Waals surface area contributed by atoms with Gasteiger partial charge in [-0.2, -0.15) is 0 Å². The van der Waals surface area contributed by atoms with Gasteiger partial charge in [-0.1, -0.05) is 6.07 Å². The molecule has 1 N–H and O–H groups in total. The van der Waals surface area contributed by atoms with Crippen molar-refractivity contribution in [2.75, 3.05) is 6.61 Å². The molecule has 0 aliphatic rings. The summed E-state index contributed by atoms with van der Waals surface area (Å²) in [5.41, 5.74) is -0.611. The summed E-state index contributed by atoms with van der Waals surface area (Å²) in [6, 6.07) is 3.62. The van der Waals surface area contributed by atoms with E-state index < -0.39 is 17.4 Å². The first kappa shape index (κ1) is 14.2. The molecule has 0 aromatic carbocycles. The van der Waals surface area contributed by atoms with Crippen molar-refractivity contribution in [1.29, 1.82) is 0 Å². The first-order valence-corrected chi connectivity index (χ1v) is 5.80. The second-order valence-electron chi connectivity index (χ2n) is 4.22. The van der Waals surface area contributed by atoms with Crippen LogP contribution in [-0.4, -0.2) is 28.6 Å². The van der Waals surface area contributed by atoms with E-state index in [0.29, 0.717) is 6.42 Å². The van der Waals surface area contributed by atoms with Gasteiger partial charge in [0.15, 0.2) is 5.41 Å². The highest BCUT2D eigenvalue weighted by Crippen LogP contribution is 2.26. The molecule has 0 bridgehead atoms. The fourth-order valence-corrected chi connectivity index (χ4v) is 1.53. The Hall–Kier alpha value is -1.91. The number of pyridine rings is 1. The Morgan fingerprint density at radius 2 is 2.22 bits per heavy atom. The smallest absolute Gasteiger partial charge is 0.323 e. The first-order valence-electron chi connectivity index (χ1n) is 5.80. The van der Waals surface area contributed by atoms with Crippen LogP contribution in [0.1, 0.15) is 25.8 Å². The summed E-state index contributed by atoms with van der Waals surface area (Å²) in [5.74, 6) is -1.86. The van der Waals surface area contributed by atoms with E-state index in [0.717, 1.165) is 5.56 Å². The van der Waals surface area contributed by atoms with Crippen LogP contribution in [0.3, 0.4) is 0 Å². The third kappa shape index (κ3) is 3.29. The number of aryl methyl sites for hydroxylation is 1. The van der Waals surface area contributed by atoms with E-state index in [1.165, 1.54) is 6.92 Å². The lowest BCUT2D eigenvalue weighted by Gasteiger charge is -2.22. The van der Waals surface area contributed by atoms with E-state index in [9.17, 15) is 14.7 Å². The summed E-state index contributed by atoms with van der Waals surface area (Å²) in [6.07, 6.45) is 3.96. The fraction of sp³-hybridized carbons (Fsp3) is 0.462. The van der Waals surface area contributed by atoms with Crippen molar-refractivity contribution in [1.82, 2.24) is 4.98 Å². The summed E-state index contributed by atoms with van der Waals surface area (Å²) in [5, 5.41) is 9.19. The van der Waals surface area contributed by atoms with Crippen LogP contribution in [0.2, 0.25) is 0 Å². The summed E-state index contributed by atoms with van der Waals surface area (Å²) in [7, 11) is 0. The molecule has 1 atom stereocenters. The normalized spacial score (nSPS) is 13.7. The zero-order chi connectivity index (χ0) is 13.6. The number of aromatic nitrogens is 1. The van der Waals surface area contributed by atoms with Crippen LogP contribution < -0.4 is 0 Å². The molecule has 0 saturated heterocycles. The van der Waals surface area contributed by atoms with Crippen LogP contribution in [0.4, 0.5) is 0 Å². The molecule has 1 heterocycles. The average molecular weight is 251 g/mol. The molecule has 5 nitrogen and oxygen atoms in total. The van der Waals surface area contributed by atoms with E-state index in [1.807, 2.05) is 6.07 Å². The summed E-state index contributed by atoms with van der Waals surface area (Å²) in [4.78, 5) is 26.9. The molecule has 1 rings (SSSR count). The number of esters is 1. The van der Waals surface area contributed by atoms with Gasteiger partial charge in [-0.3, -0.25) is 14.6 Å². The minimum absolute atomic E-state index is 0.175. The number of carbonyl (C=O) groups is 2. The van der Waals surface area contributed by atoms with Crippen LogP contribution in [0.5, 0.6) is 0 Å². The molecule has 98 valence electrons. The van der Waals surface area contributed by atoms with Crippen molar-refractivity contribution in [3.8, 4) is 0 Å². The van der Waals surface area contributed by atoms with Crippen molar-refractivity contribution in [3.05, 3.63) is 30.1 Å². The third-order valence-electron chi connectivity index (χ3n) is 2.83. The van der Waals surface area contributed by atoms with E-state index in [-0.39, 0.29) is 13.0 Å². The topological polar surface area (TPSA) is 76.5 Å². The molecule has 0 aliphatic carbocycles. The van der Waals surface area contributed by atoms with Crippen LogP contribution in [0, 0.1) is 5.41 Å². The van der Waals surface area contributed by atoms with Gasteiger partial charge in [-0.15, -0.1) is 0 Å². The van der Waals surface area contributed by atoms with Crippen LogP contribution in [0.25, 0.3) is 0 Å². The number of ether oxygens (including phenoxy) is 1. The molecule has 0 aliphatic heterocycles. The molecule has 1 aromatic rings. The average Bonchev–Trinajstić information content (AvgIpc) is 2.37. The molecule has 0 amide bonds. The molecule has 1 aromatic heterocycles. The summed E-state index contributed by atoms with van der Waals surface area (Å²) >= 11 is 0. The molecule has 0 radical (unpaired) electrons. The minimum Gasteiger partial charge on any atom is -0.480 e. The Bertz CT molecular complexity index is 418. The molecule has 0 spiro atoms. The van der Waals surface area contributed by atoms with E-state index >= 15 is 0 Å². The van der Waals surface area contributed by atoms with Crippen LogP contribution >= 0.6 is 0 Å². The van der Waals surface area contributed by atoms with Gasteiger partial charge in [0.25, 0.3) is 0 Å². The SMILES string of the molecule is CCOC(=O)C(C)(CCc1cccnc1)C(=O)O. The van der Waals surface area contributed by atoms with Crippen molar-refractivity contribution in [3.63, 3.8) is 0 Å². The maximum atomic E-state index is 11.7. The van der Waals surface area contributed by atoms with E-state index in [2.05, 4.69) is 4.98 Å². The molecule has 0 fully saturated rings. The Labute approximate surface area is 106 Å². The third-order valence-corrected chi connectivity index (χ3v) is 2.83. The number of hydrogen-bond donors (Lipinski definition) is 1. The van der Waals surface area contributed by atoms with E-state index in [4.69, 9.17) is 4.74 Å². The number of aliphatic carboxylic acids is 1. The quantitative estimate of drug-likeness (QED) is 0.614. The van der Waals surface area contributed by atoms with Gasteiger partial charge in [0.2, 0.25) is 0 Å². The zero-order valence-electron chi connectivity index (χ0n) is 10.5. The highest BCUT2D eigenvalue weighted by Gasteiger charge is 2.42. The number of carbonyl (C=O) groups excluding carboxylic acids is 1. The zero-order valence-corrected chi connectivity index (χ0v) is 10.5. The lowest BCUT2D eigenvalue weighted by molar-refractivity contribution is -0.167. The van der Waals surface area contributed by atoms with Crippen LogP contribution in [-0.2, 0) is 20.7 Å². The lowest BCUT2D eigenvalue weighted by atomic mass is 9.84. The molecule has 1 unspecified atom stereocenters. The van der Waals surface area contributed by atoms with Gasteiger partial charge in [-0.25, -0.2) is 0 Å². The predicted molar refractivity (Wildman–Crippen MR) is 64.9 cm³/mol. The number of hydrogen-bond acceptors (Lipinski definition) is 4. The number of rotatable bonds is 6. The van der Waals surface area contributed by atoms with Crippen LogP contribution in [0.15, 0.2) is 24.5 Å². The summed E-state index contributed by atoms with van der Waals surface area (Å²) in [6.45, 7) is 3.22. The maximum Gasteiger partial charge on any atom is 0.323 e. The molecule has 5 heteroatoms. The Balaban J connectivity index is 2.75. The van der Waals surface area contributed by atoms with Gasteiger partial charge in [0.1, 0.15) is 0 Å². The molecular weight excluding hydrogens is 234 g/mol. The fourth-order valence-electron chi connectivity index (χ4n) is 1.53. The van der Waals surface area contributed by atoms with Gasteiger partial charge in [0, 0.05) is 12.4 Å². The number of carboxylic acid groups (broad SMARTS) is 1. The largest absolute Gasteiger partial charge is 0.480 e. The van der Waals surface area contributed by atoms with Crippen molar-refractivity contribution < 1.29 is 19.4 Å². The molecule has 0 saturated carbocycles. The van der Waals surface area contributed by atoms with Crippen molar-refractivity contribution >= 4 is 11.9 Å². The highest BCUT2D eigenvalue weighted by atomic mass is 16.5. The number of carboxylic acids is 1. The second kappa shape index (κ2) is 6.14. The molecule has 18 heavy (non-hydrogen) atoms. The van der Waals surface area contributed by atoms with Crippen molar-refractivity contribution in [2.24, 2.45) is 5.41 Å². The minimum atomic E-state index is -1.51. The highest BCUT2D eigenvalue weighted by molar-refractivity contribution is 5.98. The molecular formula is C13H17NO4. The standard InChI is InChI=1S/C13H17NO4/c1-3-18-12(17)13(2,11(15)16)7-6-10-5-4-8-14-9-10/h4-5,8-9H,3,6-7H2,1-2H3,(H,15,16). The second-order valence-corrected chi connectivity index (χ2v) is 4.22. The van der Waals surface area contributed by atoms with Gasteiger partial charge < -0.3 is 9.84 Å². The Morgan fingerprint density at radius 3 is 2.72 bits per heavy atom. The first-order chi connectivity index (χ1) is 8.50. The summed E-state index contributed by atoms with van der Waals surface area (Å²) < 4.78 is 4.82. The van der Waals surface area contributed by atoms with Gasteiger partial charge in [0.05, 0.1) is 6.61 Å². The van der Waals surface area contributed by atoms with Gasteiger partial charge in [-0.05, 0) is 38.3 Å². The Morgan fingerprint density at radius 1 is 1.50 bits per heavy atom. The monoisotopic (exact) mass is 251 g/mol. The van der Waals surface area contributed by atoms with Crippen molar-refractivity contribution in [2.45, 2.75) is 26.7 Å².